The fourth-order valence-corrected chi connectivity index (χ4v) is 5.26. The number of methoxy groups -OCH3 is 1. The van der Waals surface area contributed by atoms with Crippen LogP contribution in [0.2, 0.25) is 5.02 Å². The number of aromatic nitrogens is 3. The van der Waals surface area contributed by atoms with Gasteiger partial charge in [0.2, 0.25) is 0 Å². The summed E-state index contributed by atoms with van der Waals surface area (Å²) in [6, 6.07) is 28.5. The third-order valence-corrected chi connectivity index (χ3v) is 7.07. The molecule has 7 nitrogen and oxygen atoms in total. The van der Waals surface area contributed by atoms with Crippen LogP contribution in [0.1, 0.15) is 28.6 Å². The minimum Gasteiger partial charge on any atom is -0.497 e. The molecule has 1 aliphatic rings. The van der Waals surface area contributed by atoms with Crippen LogP contribution in [-0.2, 0) is 6.54 Å². The molecule has 2 aromatic heterocycles. The average Bonchev–Trinajstić information content (AvgIpc) is 3.49. The Kier molecular flexibility index (Phi) is 6.13. The monoisotopic (exact) mass is 523 g/mol. The fraction of sp³-hybridized carbons (Fsp3) is 0.133. The van der Waals surface area contributed by atoms with Crippen molar-refractivity contribution < 1.29 is 9.53 Å². The highest BCUT2D eigenvalue weighted by molar-refractivity contribution is 6.30. The molecule has 38 heavy (non-hydrogen) atoms. The largest absolute Gasteiger partial charge is 0.497 e. The quantitative estimate of drug-likeness (QED) is 0.283. The summed E-state index contributed by atoms with van der Waals surface area (Å²) in [5.41, 5.74) is 5.28. The van der Waals surface area contributed by atoms with Gasteiger partial charge < -0.3 is 19.5 Å². The molecule has 0 radical (unpaired) electrons. The van der Waals surface area contributed by atoms with E-state index in [1.807, 2.05) is 95.5 Å². The number of aryl methyl sites for hydroxylation is 1. The smallest absolute Gasteiger partial charge is 0.322 e. The molecule has 1 aliphatic heterocycles. The highest BCUT2D eigenvalue weighted by atomic mass is 35.5. The van der Waals surface area contributed by atoms with Gasteiger partial charge in [0, 0.05) is 22.5 Å². The van der Waals surface area contributed by atoms with Gasteiger partial charge in [0.15, 0.2) is 0 Å². The highest BCUT2D eigenvalue weighted by Crippen LogP contribution is 2.39. The van der Waals surface area contributed by atoms with E-state index in [0.29, 0.717) is 17.3 Å². The van der Waals surface area contributed by atoms with Gasteiger partial charge in [-0.15, -0.1) is 0 Å². The van der Waals surface area contributed by atoms with Gasteiger partial charge in [-0.1, -0.05) is 48.0 Å². The number of nitrogens with zero attached hydrogens (tertiary/aromatic N) is 4. The van der Waals surface area contributed by atoms with Crippen molar-refractivity contribution in [2.75, 3.05) is 12.4 Å². The minimum atomic E-state index is -0.393. The second-order valence-electron chi connectivity index (χ2n) is 9.19. The number of anilines is 1. The summed E-state index contributed by atoms with van der Waals surface area (Å²) in [6.07, 6.45) is 2.03. The molecular weight excluding hydrogens is 498 g/mol. The second kappa shape index (κ2) is 9.76. The van der Waals surface area contributed by atoms with E-state index in [1.54, 1.807) is 19.2 Å². The van der Waals surface area contributed by atoms with Gasteiger partial charge in [-0.2, -0.15) is 5.10 Å². The van der Waals surface area contributed by atoms with Crippen molar-refractivity contribution in [2.24, 2.45) is 0 Å². The lowest BCUT2D eigenvalue weighted by Gasteiger charge is -2.31. The molecule has 8 heteroatoms. The number of fused-ring (bicyclic) bond motifs is 3. The maximum Gasteiger partial charge on any atom is 0.322 e. The summed E-state index contributed by atoms with van der Waals surface area (Å²) in [7, 11) is 1.65. The predicted molar refractivity (Wildman–Crippen MR) is 148 cm³/mol. The second-order valence-corrected chi connectivity index (χ2v) is 9.62. The Morgan fingerprint density at radius 2 is 1.82 bits per heavy atom. The molecule has 1 N–H and O–H groups in total. The predicted octanol–water partition coefficient (Wildman–Crippen LogP) is 6.77. The van der Waals surface area contributed by atoms with Gasteiger partial charge in [0.05, 0.1) is 36.8 Å². The number of para-hydroxylation sites is 1. The number of carbonyl (C=O) groups excluding carboxylic acids is 1. The molecule has 0 saturated heterocycles. The summed E-state index contributed by atoms with van der Waals surface area (Å²) in [5.74, 6) is 1.64. The number of rotatable bonds is 4. The molecule has 0 fully saturated rings. The van der Waals surface area contributed by atoms with Gasteiger partial charge in [0.1, 0.15) is 11.6 Å². The average molecular weight is 524 g/mol. The van der Waals surface area contributed by atoms with Gasteiger partial charge in [-0.05, 0) is 67.1 Å². The van der Waals surface area contributed by atoms with Crippen molar-refractivity contribution in [3.8, 4) is 17.3 Å². The molecule has 3 heterocycles. The Morgan fingerprint density at radius 1 is 1.00 bits per heavy atom. The number of nitrogens with one attached hydrogen (secondary N) is 1. The van der Waals surface area contributed by atoms with Crippen LogP contribution in [0.3, 0.4) is 0 Å². The number of halogens is 1. The normalized spacial score (nSPS) is 14.4. The summed E-state index contributed by atoms with van der Waals surface area (Å²) < 4.78 is 9.63. The summed E-state index contributed by atoms with van der Waals surface area (Å²) in [6.45, 7) is 2.34. The Labute approximate surface area is 225 Å². The summed E-state index contributed by atoms with van der Waals surface area (Å²) >= 11 is 6.21. The molecule has 3 aromatic carbocycles. The van der Waals surface area contributed by atoms with E-state index in [2.05, 4.69) is 16.0 Å². The first-order valence-corrected chi connectivity index (χ1v) is 12.7. The van der Waals surface area contributed by atoms with Crippen molar-refractivity contribution in [1.82, 2.24) is 19.2 Å². The molecule has 0 spiro atoms. The van der Waals surface area contributed by atoms with Crippen LogP contribution in [-0.4, -0.2) is 32.4 Å². The van der Waals surface area contributed by atoms with Gasteiger partial charge in [-0.3, -0.25) is 0 Å². The Hall–Kier alpha value is -4.49. The molecular formula is C30H26ClN5O2. The maximum absolute atomic E-state index is 14.0. The van der Waals surface area contributed by atoms with E-state index < -0.39 is 6.04 Å². The Balaban J connectivity index is 1.54. The van der Waals surface area contributed by atoms with Gasteiger partial charge in [0.25, 0.3) is 0 Å². The number of amides is 2. The van der Waals surface area contributed by atoms with Crippen molar-refractivity contribution in [1.29, 1.82) is 0 Å². The standard InChI is InChI=1S/C30H26ClN5O2/c1-20-26-19-35(30(37)32-23-11-7-10-22(31)18-23)28(21-9-6-14-25(17-21)38-2)27-15-8-16-34(27)29(26)36(33-20)24-12-4-3-5-13-24/h3-18,28H,19H2,1-2H3,(H,32,37). The highest BCUT2D eigenvalue weighted by Gasteiger charge is 2.36. The lowest BCUT2D eigenvalue weighted by atomic mass is 10.0. The van der Waals surface area contributed by atoms with E-state index in [1.165, 1.54) is 0 Å². The first kappa shape index (κ1) is 23.9. The molecule has 1 atom stereocenters. The molecule has 0 bridgehead atoms. The first-order chi connectivity index (χ1) is 18.5. The third-order valence-electron chi connectivity index (χ3n) is 6.83. The SMILES string of the molecule is COc1cccc(C2c3cccn3-c3c(c(C)nn3-c3ccccc3)CN2C(=O)Nc2cccc(Cl)c2)c1. The lowest BCUT2D eigenvalue weighted by Crippen LogP contribution is -2.38. The van der Waals surface area contributed by atoms with E-state index in [9.17, 15) is 4.79 Å². The number of urea groups is 1. The Morgan fingerprint density at radius 3 is 2.61 bits per heavy atom. The molecule has 6 rings (SSSR count). The van der Waals surface area contributed by atoms with Gasteiger partial charge in [-0.25, -0.2) is 9.48 Å². The number of benzene rings is 3. The number of hydrogen-bond acceptors (Lipinski definition) is 3. The minimum absolute atomic E-state index is 0.243. The number of hydrogen-bond donors (Lipinski definition) is 1. The summed E-state index contributed by atoms with van der Waals surface area (Å²) in [5, 5.41) is 8.51. The molecule has 1 unspecified atom stereocenters. The van der Waals surface area contributed by atoms with Crippen LogP contribution in [0.4, 0.5) is 10.5 Å². The molecule has 2 amide bonds. The van der Waals surface area contributed by atoms with Crippen LogP contribution in [0, 0.1) is 6.92 Å². The fourth-order valence-electron chi connectivity index (χ4n) is 5.07. The van der Waals surface area contributed by atoms with E-state index in [4.69, 9.17) is 21.4 Å². The zero-order chi connectivity index (χ0) is 26.2. The van der Waals surface area contributed by atoms with Crippen molar-refractivity contribution in [3.05, 3.63) is 125 Å². The number of carbonyl (C=O) groups is 1. The van der Waals surface area contributed by atoms with E-state index >= 15 is 0 Å². The van der Waals surface area contributed by atoms with Crippen LogP contribution in [0.25, 0.3) is 11.5 Å². The molecule has 190 valence electrons. The van der Waals surface area contributed by atoms with E-state index in [0.717, 1.165) is 39.8 Å². The molecule has 0 aliphatic carbocycles. The van der Waals surface area contributed by atoms with Crippen molar-refractivity contribution in [2.45, 2.75) is 19.5 Å². The van der Waals surface area contributed by atoms with Crippen molar-refractivity contribution in [3.63, 3.8) is 0 Å². The third kappa shape index (κ3) is 4.21. The lowest BCUT2D eigenvalue weighted by molar-refractivity contribution is 0.194. The Bertz CT molecular complexity index is 1620. The van der Waals surface area contributed by atoms with Crippen LogP contribution < -0.4 is 10.1 Å². The van der Waals surface area contributed by atoms with Crippen LogP contribution in [0.15, 0.2) is 97.2 Å². The summed E-state index contributed by atoms with van der Waals surface area (Å²) in [4.78, 5) is 15.8. The van der Waals surface area contributed by atoms with E-state index in [-0.39, 0.29) is 6.03 Å². The maximum atomic E-state index is 14.0. The number of ether oxygens (including phenoxy) is 1. The van der Waals surface area contributed by atoms with Crippen LogP contribution >= 0.6 is 11.6 Å². The van der Waals surface area contributed by atoms with Crippen LogP contribution in [0.5, 0.6) is 5.75 Å². The molecule has 5 aromatic rings. The zero-order valence-electron chi connectivity index (χ0n) is 21.0. The topological polar surface area (TPSA) is 64.3 Å². The first-order valence-electron chi connectivity index (χ1n) is 12.3. The van der Waals surface area contributed by atoms with Crippen molar-refractivity contribution >= 4 is 23.3 Å². The van der Waals surface area contributed by atoms with Gasteiger partial charge >= 0.3 is 6.03 Å². The zero-order valence-corrected chi connectivity index (χ0v) is 21.8. The molecule has 0 saturated carbocycles.